The van der Waals surface area contributed by atoms with Crippen LogP contribution in [0, 0.1) is 0 Å². The quantitative estimate of drug-likeness (QED) is 0.450. The number of aromatic amines is 2. The summed E-state index contributed by atoms with van der Waals surface area (Å²) in [6.45, 7) is 0. The van der Waals surface area contributed by atoms with Gasteiger partial charge in [0.25, 0.3) is 0 Å². The summed E-state index contributed by atoms with van der Waals surface area (Å²) < 4.78 is 0. The predicted molar refractivity (Wildman–Crippen MR) is 99.9 cm³/mol. The van der Waals surface area contributed by atoms with Crippen LogP contribution in [0.1, 0.15) is 11.4 Å². The van der Waals surface area contributed by atoms with E-state index < -0.39 is 0 Å². The number of anilines is 1. The molecule has 126 valence electrons. The Kier molecular flexibility index (Phi) is 3.95. The minimum Gasteiger partial charge on any atom is -0.382 e. The lowest BCUT2D eigenvalue weighted by Gasteiger charge is -2.09. The molecule has 2 aromatic heterocycles. The zero-order valence-corrected chi connectivity index (χ0v) is 13.7. The maximum atomic E-state index is 6.28. The van der Waals surface area contributed by atoms with E-state index in [4.69, 9.17) is 11.5 Å². The van der Waals surface area contributed by atoms with Gasteiger partial charge in [-0.25, -0.2) is 4.98 Å². The molecule has 0 unspecified atom stereocenters. The molecule has 0 spiro atoms. The minimum atomic E-state index is 0.0243. The second-order valence-corrected chi connectivity index (χ2v) is 6.27. The third-order valence-corrected chi connectivity index (χ3v) is 4.33. The standard InChI is InChI=1S/C19H20N6/c20-14(8-12-4-2-1-3-5-12)10-18-22-11-17(23-18)13-6-7-15-16(9-13)24-25-19(15)21/h1-7,9,11,14H,8,10,20H2,(H,22,23)(H3,21,24,25)/t14-/m0/s1. The summed E-state index contributed by atoms with van der Waals surface area (Å²) in [6, 6.07) is 16.3. The van der Waals surface area contributed by atoms with Crippen LogP contribution in [0.5, 0.6) is 0 Å². The van der Waals surface area contributed by atoms with Gasteiger partial charge in [-0.05, 0) is 24.1 Å². The topological polar surface area (TPSA) is 109 Å². The lowest BCUT2D eigenvalue weighted by Crippen LogP contribution is -2.26. The summed E-state index contributed by atoms with van der Waals surface area (Å²) in [7, 11) is 0. The average Bonchev–Trinajstić information content (AvgIpc) is 3.22. The van der Waals surface area contributed by atoms with Crippen LogP contribution >= 0.6 is 0 Å². The largest absolute Gasteiger partial charge is 0.382 e. The fraction of sp³-hybridized carbons (Fsp3) is 0.158. The maximum Gasteiger partial charge on any atom is 0.153 e. The number of H-pyrrole nitrogens is 2. The molecular formula is C19H20N6. The van der Waals surface area contributed by atoms with Gasteiger partial charge < -0.3 is 16.5 Å². The Labute approximate surface area is 145 Å². The highest BCUT2D eigenvalue weighted by molar-refractivity contribution is 5.91. The van der Waals surface area contributed by atoms with Crippen LogP contribution < -0.4 is 11.5 Å². The molecule has 0 amide bonds. The second kappa shape index (κ2) is 6.41. The number of benzene rings is 2. The zero-order chi connectivity index (χ0) is 17.2. The summed E-state index contributed by atoms with van der Waals surface area (Å²) in [5.74, 6) is 1.40. The molecule has 6 heteroatoms. The van der Waals surface area contributed by atoms with Crippen LogP contribution in [-0.2, 0) is 12.8 Å². The Balaban J connectivity index is 1.49. The number of aromatic nitrogens is 4. The highest BCUT2D eigenvalue weighted by Gasteiger charge is 2.10. The van der Waals surface area contributed by atoms with E-state index in [1.54, 1.807) is 0 Å². The van der Waals surface area contributed by atoms with Gasteiger partial charge in [-0.1, -0.05) is 36.4 Å². The van der Waals surface area contributed by atoms with E-state index >= 15 is 0 Å². The van der Waals surface area contributed by atoms with Crippen molar-refractivity contribution < 1.29 is 0 Å². The number of hydrogen-bond acceptors (Lipinski definition) is 4. The van der Waals surface area contributed by atoms with Crippen molar-refractivity contribution >= 4 is 16.7 Å². The van der Waals surface area contributed by atoms with Crippen molar-refractivity contribution in [3.63, 3.8) is 0 Å². The summed E-state index contributed by atoms with van der Waals surface area (Å²) in [4.78, 5) is 7.83. The van der Waals surface area contributed by atoms with E-state index in [9.17, 15) is 0 Å². The van der Waals surface area contributed by atoms with Crippen molar-refractivity contribution in [3.8, 4) is 11.3 Å². The minimum absolute atomic E-state index is 0.0243. The Bertz CT molecular complexity index is 986. The van der Waals surface area contributed by atoms with Crippen molar-refractivity contribution in [2.45, 2.75) is 18.9 Å². The third-order valence-electron chi connectivity index (χ3n) is 4.33. The van der Waals surface area contributed by atoms with Crippen molar-refractivity contribution in [2.24, 2.45) is 5.73 Å². The molecule has 0 aliphatic rings. The van der Waals surface area contributed by atoms with E-state index in [0.717, 1.165) is 34.4 Å². The van der Waals surface area contributed by atoms with Crippen molar-refractivity contribution in [3.05, 3.63) is 66.1 Å². The molecule has 0 saturated carbocycles. The van der Waals surface area contributed by atoms with Gasteiger partial charge in [-0.15, -0.1) is 0 Å². The zero-order valence-electron chi connectivity index (χ0n) is 13.7. The fourth-order valence-electron chi connectivity index (χ4n) is 3.06. The average molecular weight is 332 g/mol. The number of nitrogens with one attached hydrogen (secondary N) is 2. The summed E-state index contributed by atoms with van der Waals surface area (Å²) in [6.07, 6.45) is 3.37. The fourth-order valence-corrected chi connectivity index (χ4v) is 3.06. The van der Waals surface area contributed by atoms with Crippen LogP contribution in [0.3, 0.4) is 0 Å². The monoisotopic (exact) mass is 332 g/mol. The number of rotatable bonds is 5. The van der Waals surface area contributed by atoms with Gasteiger partial charge in [-0.3, -0.25) is 5.10 Å². The van der Waals surface area contributed by atoms with Gasteiger partial charge in [-0.2, -0.15) is 5.10 Å². The Hall–Kier alpha value is -3.12. The van der Waals surface area contributed by atoms with Crippen LogP contribution in [-0.4, -0.2) is 26.2 Å². The first kappa shape index (κ1) is 15.4. The molecule has 1 atom stereocenters. The van der Waals surface area contributed by atoms with Crippen LogP contribution in [0.2, 0.25) is 0 Å². The highest BCUT2D eigenvalue weighted by atomic mass is 15.1. The highest BCUT2D eigenvalue weighted by Crippen LogP contribution is 2.24. The van der Waals surface area contributed by atoms with E-state index in [0.29, 0.717) is 12.2 Å². The van der Waals surface area contributed by atoms with Gasteiger partial charge in [0.15, 0.2) is 5.82 Å². The number of fused-ring (bicyclic) bond motifs is 1. The number of nitrogens with zero attached hydrogens (tertiary/aromatic N) is 2. The van der Waals surface area contributed by atoms with Gasteiger partial charge in [0.05, 0.1) is 17.4 Å². The molecule has 4 aromatic rings. The summed E-state index contributed by atoms with van der Waals surface area (Å²) >= 11 is 0. The molecule has 25 heavy (non-hydrogen) atoms. The maximum absolute atomic E-state index is 6.28. The lowest BCUT2D eigenvalue weighted by atomic mass is 10.0. The van der Waals surface area contributed by atoms with E-state index in [1.807, 2.05) is 42.6 Å². The molecule has 0 aliphatic heterocycles. The molecule has 0 bridgehead atoms. The van der Waals surface area contributed by atoms with Crippen LogP contribution in [0.25, 0.3) is 22.2 Å². The molecule has 0 fully saturated rings. The predicted octanol–water partition coefficient (Wildman–Crippen LogP) is 2.65. The van der Waals surface area contributed by atoms with E-state index in [1.165, 1.54) is 5.56 Å². The van der Waals surface area contributed by atoms with Crippen molar-refractivity contribution in [1.82, 2.24) is 20.2 Å². The number of imidazole rings is 1. The first-order chi connectivity index (χ1) is 12.2. The lowest BCUT2D eigenvalue weighted by molar-refractivity contribution is 0.645. The van der Waals surface area contributed by atoms with E-state index in [2.05, 4.69) is 32.3 Å². The molecular weight excluding hydrogens is 312 g/mol. The smallest absolute Gasteiger partial charge is 0.153 e. The summed E-state index contributed by atoms with van der Waals surface area (Å²) in [5, 5.41) is 7.88. The van der Waals surface area contributed by atoms with Gasteiger partial charge in [0.1, 0.15) is 5.82 Å². The second-order valence-electron chi connectivity index (χ2n) is 6.27. The molecule has 2 aromatic carbocycles. The Morgan fingerprint density at radius 2 is 1.88 bits per heavy atom. The first-order valence-corrected chi connectivity index (χ1v) is 8.26. The SMILES string of the molecule is Nc1n[nH]c2cc(-c3cnc(C[C@@H](N)Cc4ccccc4)[nH]3)ccc12. The molecule has 6 N–H and O–H groups in total. The van der Waals surface area contributed by atoms with Crippen molar-refractivity contribution in [1.29, 1.82) is 0 Å². The van der Waals surface area contributed by atoms with Gasteiger partial charge in [0, 0.05) is 23.4 Å². The molecule has 0 saturated heterocycles. The number of hydrogen-bond donors (Lipinski definition) is 4. The normalized spacial score (nSPS) is 12.5. The number of nitrogen functional groups attached to an aromatic ring is 1. The van der Waals surface area contributed by atoms with Gasteiger partial charge in [0.2, 0.25) is 0 Å². The first-order valence-electron chi connectivity index (χ1n) is 8.26. The molecule has 0 radical (unpaired) electrons. The molecule has 6 nitrogen and oxygen atoms in total. The molecule has 2 heterocycles. The van der Waals surface area contributed by atoms with Crippen LogP contribution in [0.4, 0.5) is 5.82 Å². The summed E-state index contributed by atoms with van der Waals surface area (Å²) in [5.41, 5.74) is 16.2. The van der Waals surface area contributed by atoms with Gasteiger partial charge >= 0.3 is 0 Å². The Morgan fingerprint density at radius 3 is 2.72 bits per heavy atom. The third kappa shape index (κ3) is 3.25. The van der Waals surface area contributed by atoms with Crippen molar-refractivity contribution in [2.75, 3.05) is 5.73 Å². The number of nitrogens with two attached hydrogens (primary N) is 2. The molecule has 0 aliphatic carbocycles. The van der Waals surface area contributed by atoms with Crippen LogP contribution in [0.15, 0.2) is 54.7 Å². The Morgan fingerprint density at radius 1 is 1.04 bits per heavy atom. The molecule has 4 rings (SSSR count). The van der Waals surface area contributed by atoms with E-state index in [-0.39, 0.29) is 6.04 Å².